The maximum atomic E-state index is 11.9. The van der Waals surface area contributed by atoms with E-state index in [1.165, 1.54) is 25.7 Å². The molecule has 4 nitrogen and oxygen atoms in total. The van der Waals surface area contributed by atoms with Gasteiger partial charge in [-0.05, 0) is 18.4 Å². The molecule has 0 atom stereocenters. The predicted molar refractivity (Wildman–Crippen MR) is 80.1 cm³/mol. The molecule has 0 radical (unpaired) electrons. The molecule has 0 unspecified atom stereocenters. The van der Waals surface area contributed by atoms with E-state index in [-0.39, 0.29) is 5.91 Å². The number of nitrogens with zero attached hydrogens (tertiary/aromatic N) is 1. The average Bonchev–Trinajstić information content (AvgIpc) is 2.66. The van der Waals surface area contributed by atoms with Gasteiger partial charge in [0, 0.05) is 19.8 Å². The molecule has 0 saturated heterocycles. The summed E-state index contributed by atoms with van der Waals surface area (Å²) in [7, 11) is 1.83. The molecule has 0 fully saturated rings. The molecule has 4 heteroatoms. The molecule has 0 spiro atoms. The van der Waals surface area contributed by atoms with Crippen LogP contribution in [-0.4, -0.2) is 17.0 Å². The number of hydrogen-bond donors (Lipinski definition) is 2. The molecule has 1 aromatic heterocycles. The van der Waals surface area contributed by atoms with Gasteiger partial charge in [-0.15, -0.1) is 0 Å². The topological polar surface area (TPSA) is 60.1 Å². The molecule has 0 aliphatic carbocycles. The van der Waals surface area contributed by atoms with Crippen molar-refractivity contribution in [1.29, 1.82) is 0 Å². The number of carbonyl (C=O) groups is 1. The average molecular weight is 265 g/mol. The van der Waals surface area contributed by atoms with Gasteiger partial charge in [-0.1, -0.05) is 39.5 Å². The van der Waals surface area contributed by atoms with Crippen LogP contribution in [0.5, 0.6) is 0 Å². The van der Waals surface area contributed by atoms with Crippen LogP contribution in [0, 0.1) is 5.92 Å². The lowest BCUT2D eigenvalue weighted by Crippen LogP contribution is -2.26. The van der Waals surface area contributed by atoms with Gasteiger partial charge in [0.1, 0.15) is 5.69 Å². The van der Waals surface area contributed by atoms with Crippen molar-refractivity contribution in [3.8, 4) is 0 Å². The van der Waals surface area contributed by atoms with Gasteiger partial charge >= 0.3 is 0 Å². The van der Waals surface area contributed by atoms with Gasteiger partial charge in [0.15, 0.2) is 0 Å². The predicted octanol–water partition coefficient (Wildman–Crippen LogP) is 2.94. The van der Waals surface area contributed by atoms with Crippen LogP contribution in [0.25, 0.3) is 0 Å². The summed E-state index contributed by atoms with van der Waals surface area (Å²) in [5.74, 6) is 0.754. The number of nitrogen functional groups attached to an aromatic ring is 1. The zero-order valence-corrected chi connectivity index (χ0v) is 12.4. The smallest absolute Gasteiger partial charge is 0.267 e. The minimum atomic E-state index is -0.0404. The van der Waals surface area contributed by atoms with E-state index in [0.717, 1.165) is 18.9 Å². The molecule has 1 rings (SSSR count). The zero-order chi connectivity index (χ0) is 14.3. The summed E-state index contributed by atoms with van der Waals surface area (Å²) < 4.78 is 1.76. The number of aryl methyl sites for hydroxylation is 1. The fourth-order valence-corrected chi connectivity index (χ4v) is 2.14. The van der Waals surface area contributed by atoms with E-state index in [4.69, 9.17) is 5.73 Å². The molecule has 1 amide bonds. The molecular formula is C15H27N3O. The minimum absolute atomic E-state index is 0.0404. The zero-order valence-electron chi connectivity index (χ0n) is 12.4. The first-order valence-corrected chi connectivity index (χ1v) is 7.20. The fraction of sp³-hybridized carbons (Fsp3) is 0.667. The standard InChI is InChI=1S/C15H27N3O/c1-12(2)8-6-4-5-7-9-17-15(19)14-10-13(16)11-18(14)3/h10-12H,4-9,16H2,1-3H3,(H,17,19). The number of amides is 1. The summed E-state index contributed by atoms with van der Waals surface area (Å²) in [5.41, 5.74) is 6.90. The largest absolute Gasteiger partial charge is 0.397 e. The van der Waals surface area contributed by atoms with Crippen molar-refractivity contribution in [2.45, 2.75) is 46.0 Å². The van der Waals surface area contributed by atoms with Crippen molar-refractivity contribution >= 4 is 11.6 Å². The number of unbranched alkanes of at least 4 members (excludes halogenated alkanes) is 3. The Balaban J connectivity index is 2.13. The third-order valence-electron chi connectivity index (χ3n) is 3.25. The van der Waals surface area contributed by atoms with Crippen molar-refractivity contribution in [1.82, 2.24) is 9.88 Å². The van der Waals surface area contributed by atoms with Crippen molar-refractivity contribution in [3.63, 3.8) is 0 Å². The molecule has 0 aliphatic rings. The van der Waals surface area contributed by atoms with E-state index in [1.54, 1.807) is 16.8 Å². The van der Waals surface area contributed by atoms with E-state index >= 15 is 0 Å². The quantitative estimate of drug-likeness (QED) is 0.710. The number of nitrogens with two attached hydrogens (primary N) is 1. The normalized spacial score (nSPS) is 10.9. The summed E-state index contributed by atoms with van der Waals surface area (Å²) in [4.78, 5) is 11.9. The highest BCUT2D eigenvalue weighted by molar-refractivity contribution is 5.93. The van der Waals surface area contributed by atoms with E-state index < -0.39 is 0 Å². The van der Waals surface area contributed by atoms with Gasteiger partial charge in [0.05, 0.1) is 5.69 Å². The van der Waals surface area contributed by atoms with Gasteiger partial charge in [0.25, 0.3) is 5.91 Å². The first-order chi connectivity index (χ1) is 9.00. The minimum Gasteiger partial charge on any atom is -0.397 e. The molecule has 0 aliphatic heterocycles. The summed E-state index contributed by atoms with van der Waals surface area (Å²) in [6, 6.07) is 1.71. The first-order valence-electron chi connectivity index (χ1n) is 7.20. The highest BCUT2D eigenvalue weighted by Gasteiger charge is 2.09. The van der Waals surface area contributed by atoms with Crippen LogP contribution < -0.4 is 11.1 Å². The SMILES string of the molecule is CC(C)CCCCCCNC(=O)c1cc(N)cn1C. The van der Waals surface area contributed by atoms with Gasteiger partial charge < -0.3 is 15.6 Å². The summed E-state index contributed by atoms with van der Waals surface area (Å²) in [5, 5.41) is 2.94. The molecule has 0 saturated carbocycles. The van der Waals surface area contributed by atoms with Crippen molar-refractivity contribution in [2.75, 3.05) is 12.3 Å². The molecule has 3 N–H and O–H groups in total. The first kappa shape index (κ1) is 15.6. The molecule has 19 heavy (non-hydrogen) atoms. The second kappa shape index (κ2) is 7.87. The molecule has 0 bridgehead atoms. The number of aromatic nitrogens is 1. The van der Waals surface area contributed by atoms with Gasteiger partial charge in [-0.2, -0.15) is 0 Å². The maximum Gasteiger partial charge on any atom is 0.267 e. The molecule has 108 valence electrons. The molecule has 1 aromatic rings. The number of anilines is 1. The Morgan fingerprint density at radius 2 is 2.00 bits per heavy atom. The van der Waals surface area contributed by atoms with Crippen LogP contribution in [0.15, 0.2) is 12.3 Å². The van der Waals surface area contributed by atoms with Crippen molar-refractivity contribution < 1.29 is 4.79 Å². The van der Waals surface area contributed by atoms with Crippen LogP contribution in [0.2, 0.25) is 0 Å². The Morgan fingerprint density at radius 3 is 2.58 bits per heavy atom. The third kappa shape index (κ3) is 5.81. The second-order valence-electron chi connectivity index (χ2n) is 5.62. The van der Waals surface area contributed by atoms with Gasteiger partial charge in [-0.25, -0.2) is 0 Å². The molecule has 1 heterocycles. The highest BCUT2D eigenvalue weighted by atomic mass is 16.1. The van der Waals surface area contributed by atoms with Crippen LogP contribution in [0.3, 0.4) is 0 Å². The Labute approximate surface area is 116 Å². The number of rotatable bonds is 8. The van der Waals surface area contributed by atoms with Crippen LogP contribution in [0.4, 0.5) is 5.69 Å². The van der Waals surface area contributed by atoms with E-state index in [9.17, 15) is 4.79 Å². The fourth-order valence-electron chi connectivity index (χ4n) is 2.14. The summed E-state index contributed by atoms with van der Waals surface area (Å²) in [6.07, 6.45) is 7.83. The molecule has 0 aromatic carbocycles. The Kier molecular flexibility index (Phi) is 6.46. The highest BCUT2D eigenvalue weighted by Crippen LogP contribution is 2.10. The lowest BCUT2D eigenvalue weighted by molar-refractivity contribution is 0.0945. The number of hydrogen-bond acceptors (Lipinski definition) is 2. The van der Waals surface area contributed by atoms with Crippen LogP contribution in [0.1, 0.15) is 56.4 Å². The van der Waals surface area contributed by atoms with E-state index in [0.29, 0.717) is 11.4 Å². The van der Waals surface area contributed by atoms with Crippen LogP contribution >= 0.6 is 0 Å². The Morgan fingerprint density at radius 1 is 1.32 bits per heavy atom. The lowest BCUT2D eigenvalue weighted by Gasteiger charge is -2.06. The maximum absolute atomic E-state index is 11.9. The number of carbonyl (C=O) groups excluding carboxylic acids is 1. The third-order valence-corrected chi connectivity index (χ3v) is 3.25. The van der Waals surface area contributed by atoms with Gasteiger partial charge in [-0.3, -0.25) is 4.79 Å². The Bertz CT molecular complexity index is 396. The Hall–Kier alpha value is -1.45. The van der Waals surface area contributed by atoms with E-state index in [2.05, 4.69) is 19.2 Å². The second-order valence-corrected chi connectivity index (χ2v) is 5.62. The van der Waals surface area contributed by atoms with Crippen molar-refractivity contribution in [3.05, 3.63) is 18.0 Å². The lowest BCUT2D eigenvalue weighted by atomic mass is 10.0. The molecular weight excluding hydrogens is 238 g/mol. The summed E-state index contributed by atoms with van der Waals surface area (Å²) >= 11 is 0. The van der Waals surface area contributed by atoms with Gasteiger partial charge in [0.2, 0.25) is 0 Å². The van der Waals surface area contributed by atoms with E-state index in [1.807, 2.05) is 7.05 Å². The monoisotopic (exact) mass is 265 g/mol. The summed E-state index contributed by atoms with van der Waals surface area (Å²) in [6.45, 7) is 5.25. The number of nitrogens with one attached hydrogen (secondary N) is 1. The van der Waals surface area contributed by atoms with Crippen molar-refractivity contribution in [2.24, 2.45) is 13.0 Å². The van der Waals surface area contributed by atoms with Crippen LogP contribution in [-0.2, 0) is 7.05 Å².